The summed E-state index contributed by atoms with van der Waals surface area (Å²) >= 11 is 0. The van der Waals surface area contributed by atoms with Gasteiger partial charge in [0.2, 0.25) is 11.8 Å². The standard InChI is InChI=1S/C48H56N10O7/c49-44-42-43(31-13-19-35(20-14-31)65-34-9-4-3-5-10-34)54-58(45(42)52-30-51-44)33-17-15-32(16-18-33)56-27-25-55(26-28-56)24-7-2-1-6-23-50-40(60)29-64-38-12-8-11-36-41(38)48(63)57(47(36)62)37-21-22-39(59)53-46(37)61/h3-5,8-14,19-20,30,32-33,37,47,62H,1-2,6-7,15-18,21-29H2,(H,50,60)(H2,49,51,52)(H,53,59,61)/t32-,33-,37?,47?. The molecule has 9 rings (SSSR count). The first-order valence-corrected chi connectivity index (χ1v) is 22.9. The number of unbranched alkanes of at least 4 members (excludes halogenated alkanes) is 3. The van der Waals surface area contributed by atoms with Crippen molar-refractivity contribution in [1.82, 2.24) is 45.1 Å². The third-order valence-corrected chi connectivity index (χ3v) is 13.2. The van der Waals surface area contributed by atoms with Crippen LogP contribution in [-0.4, -0.2) is 121 Å². The van der Waals surface area contributed by atoms with E-state index in [1.807, 2.05) is 54.6 Å². The van der Waals surface area contributed by atoms with E-state index < -0.39 is 30.0 Å². The van der Waals surface area contributed by atoms with Gasteiger partial charge in [0, 0.05) is 56.3 Å². The molecule has 5 N–H and O–H groups in total. The van der Waals surface area contributed by atoms with Gasteiger partial charge in [0.25, 0.3) is 11.8 Å². The number of nitrogens with two attached hydrogens (primary N) is 1. The van der Waals surface area contributed by atoms with Gasteiger partial charge >= 0.3 is 0 Å². The summed E-state index contributed by atoms with van der Waals surface area (Å²) in [5.41, 5.74) is 9.37. The van der Waals surface area contributed by atoms with Crippen LogP contribution in [0.4, 0.5) is 5.82 Å². The van der Waals surface area contributed by atoms with Crippen molar-refractivity contribution in [2.45, 2.75) is 88.6 Å². The molecule has 4 amide bonds. The van der Waals surface area contributed by atoms with Gasteiger partial charge in [-0.15, -0.1) is 0 Å². The molecule has 2 atom stereocenters. The number of nitrogens with one attached hydrogen (secondary N) is 2. The molecule has 2 aromatic heterocycles. The maximum atomic E-state index is 13.3. The fraction of sp³-hybridized carbons (Fsp3) is 0.438. The lowest BCUT2D eigenvalue weighted by molar-refractivity contribution is -0.139. The maximum absolute atomic E-state index is 13.3. The van der Waals surface area contributed by atoms with E-state index in [1.165, 1.54) is 6.33 Å². The second-order valence-electron chi connectivity index (χ2n) is 17.4. The number of hydrogen-bond acceptors (Lipinski definition) is 13. The number of aliphatic hydroxyl groups is 1. The molecule has 5 aromatic rings. The molecule has 65 heavy (non-hydrogen) atoms. The number of aliphatic hydroxyl groups excluding tert-OH is 1. The predicted molar refractivity (Wildman–Crippen MR) is 242 cm³/mol. The molecule has 2 unspecified atom stereocenters. The number of amides is 4. The molecule has 3 aromatic carbocycles. The number of nitrogen functional groups attached to an aromatic ring is 1. The Bertz CT molecular complexity index is 2500. The number of rotatable bonds is 16. The Morgan fingerprint density at radius 1 is 0.831 bits per heavy atom. The van der Waals surface area contributed by atoms with E-state index in [0.29, 0.717) is 24.0 Å². The monoisotopic (exact) mass is 884 g/mol. The highest BCUT2D eigenvalue weighted by molar-refractivity contribution is 6.07. The number of ether oxygens (including phenoxy) is 2. The number of nitrogens with zero attached hydrogens (tertiary/aromatic N) is 7. The maximum Gasteiger partial charge on any atom is 0.261 e. The number of benzene rings is 3. The Morgan fingerprint density at radius 3 is 2.34 bits per heavy atom. The summed E-state index contributed by atoms with van der Waals surface area (Å²) in [7, 11) is 0. The molecule has 0 bridgehead atoms. The molecule has 0 radical (unpaired) electrons. The number of aromatic nitrogens is 4. The second-order valence-corrected chi connectivity index (χ2v) is 17.4. The van der Waals surface area contributed by atoms with Crippen molar-refractivity contribution in [3.63, 3.8) is 0 Å². The zero-order valence-corrected chi connectivity index (χ0v) is 36.4. The number of piperidine rings is 1. The molecule has 340 valence electrons. The summed E-state index contributed by atoms with van der Waals surface area (Å²) in [6.45, 7) is 5.59. The van der Waals surface area contributed by atoms with Crippen molar-refractivity contribution in [2.24, 2.45) is 0 Å². The Balaban J connectivity index is 0.665. The third-order valence-electron chi connectivity index (χ3n) is 13.2. The van der Waals surface area contributed by atoms with Crippen molar-refractivity contribution >= 4 is 40.5 Å². The quantitative estimate of drug-likeness (QED) is 0.0763. The molecule has 5 heterocycles. The fourth-order valence-electron chi connectivity index (χ4n) is 9.78. The largest absolute Gasteiger partial charge is 0.483 e. The van der Waals surface area contributed by atoms with E-state index in [1.54, 1.807) is 18.2 Å². The predicted octanol–water partition coefficient (Wildman–Crippen LogP) is 4.98. The van der Waals surface area contributed by atoms with Gasteiger partial charge < -0.3 is 30.5 Å². The zero-order chi connectivity index (χ0) is 44.9. The minimum atomic E-state index is -1.36. The van der Waals surface area contributed by atoms with Crippen molar-refractivity contribution in [3.8, 4) is 28.5 Å². The normalized spacial score (nSPS) is 21.6. The smallest absolute Gasteiger partial charge is 0.261 e. The Morgan fingerprint density at radius 2 is 1.57 bits per heavy atom. The highest BCUT2D eigenvalue weighted by atomic mass is 16.5. The van der Waals surface area contributed by atoms with Crippen molar-refractivity contribution < 1.29 is 33.8 Å². The zero-order valence-electron chi connectivity index (χ0n) is 36.4. The van der Waals surface area contributed by atoms with Crippen LogP contribution in [0.1, 0.15) is 92.4 Å². The van der Waals surface area contributed by atoms with Gasteiger partial charge in [-0.3, -0.25) is 34.3 Å². The molecule has 17 heteroatoms. The van der Waals surface area contributed by atoms with Crippen molar-refractivity contribution in [2.75, 3.05) is 51.6 Å². The van der Waals surface area contributed by atoms with Crippen LogP contribution in [0.25, 0.3) is 22.3 Å². The van der Waals surface area contributed by atoms with Gasteiger partial charge in [-0.25, -0.2) is 14.6 Å². The summed E-state index contributed by atoms with van der Waals surface area (Å²) in [5, 5.41) is 21.9. The first-order chi connectivity index (χ1) is 31.7. The van der Waals surface area contributed by atoms with Gasteiger partial charge in [-0.2, -0.15) is 5.10 Å². The Labute approximate surface area is 377 Å². The molecule has 17 nitrogen and oxygen atoms in total. The van der Waals surface area contributed by atoms with Gasteiger partial charge in [0.1, 0.15) is 41.1 Å². The fourth-order valence-corrected chi connectivity index (χ4v) is 9.78. The van der Waals surface area contributed by atoms with Crippen LogP contribution in [-0.2, 0) is 14.4 Å². The Hall–Kier alpha value is -6.43. The third kappa shape index (κ3) is 9.67. The summed E-state index contributed by atoms with van der Waals surface area (Å²) in [4.78, 5) is 65.3. The summed E-state index contributed by atoms with van der Waals surface area (Å²) in [6.07, 6.45) is 8.66. The summed E-state index contributed by atoms with van der Waals surface area (Å²) < 4.78 is 13.8. The van der Waals surface area contributed by atoms with Crippen LogP contribution in [0.3, 0.4) is 0 Å². The highest BCUT2D eigenvalue weighted by Crippen LogP contribution is 2.40. The molecule has 2 saturated heterocycles. The molecule has 1 saturated carbocycles. The number of carbonyl (C=O) groups excluding carboxylic acids is 4. The average Bonchev–Trinajstić information content (AvgIpc) is 3.84. The highest BCUT2D eigenvalue weighted by Gasteiger charge is 2.46. The minimum absolute atomic E-state index is 0.0709. The average molecular weight is 885 g/mol. The number of fused-ring (bicyclic) bond motifs is 2. The van der Waals surface area contributed by atoms with Crippen molar-refractivity contribution in [3.05, 3.63) is 90.3 Å². The van der Waals surface area contributed by atoms with Gasteiger partial charge in [-0.1, -0.05) is 43.2 Å². The lowest BCUT2D eigenvalue weighted by Gasteiger charge is -2.42. The van der Waals surface area contributed by atoms with E-state index in [0.717, 1.165) is 123 Å². The lowest BCUT2D eigenvalue weighted by atomic mass is 9.90. The van der Waals surface area contributed by atoms with Crippen LogP contribution in [0.15, 0.2) is 79.1 Å². The number of carbonyl (C=O) groups is 4. The van der Waals surface area contributed by atoms with E-state index in [9.17, 15) is 24.3 Å². The number of hydrogen-bond donors (Lipinski definition) is 4. The van der Waals surface area contributed by atoms with Gasteiger partial charge in [0.15, 0.2) is 18.5 Å². The van der Waals surface area contributed by atoms with Gasteiger partial charge in [0.05, 0.1) is 17.0 Å². The molecular formula is C48H56N10O7. The Kier molecular flexibility index (Phi) is 13.3. The number of imide groups is 1. The van der Waals surface area contributed by atoms with E-state index >= 15 is 0 Å². The number of para-hydroxylation sites is 1. The number of anilines is 1. The van der Waals surface area contributed by atoms with Crippen LogP contribution < -0.4 is 25.8 Å². The first kappa shape index (κ1) is 43.8. The van der Waals surface area contributed by atoms with E-state index in [4.69, 9.17) is 20.3 Å². The van der Waals surface area contributed by atoms with Crippen LogP contribution >= 0.6 is 0 Å². The molecule has 4 aliphatic rings. The van der Waals surface area contributed by atoms with E-state index in [-0.39, 0.29) is 42.7 Å². The number of piperazine rings is 1. The molecule has 3 fully saturated rings. The lowest BCUT2D eigenvalue weighted by Crippen LogP contribution is -2.53. The topological polar surface area (TPSA) is 210 Å². The first-order valence-electron chi connectivity index (χ1n) is 22.9. The van der Waals surface area contributed by atoms with Crippen LogP contribution in [0.5, 0.6) is 17.2 Å². The second kappa shape index (κ2) is 19.8. The molecule has 0 spiro atoms. The molecular weight excluding hydrogens is 829 g/mol. The molecule has 3 aliphatic heterocycles. The molecule has 1 aliphatic carbocycles. The van der Waals surface area contributed by atoms with Crippen LogP contribution in [0, 0.1) is 0 Å². The summed E-state index contributed by atoms with van der Waals surface area (Å²) in [5.74, 6) is 0.201. The van der Waals surface area contributed by atoms with E-state index in [2.05, 4.69) is 35.1 Å². The van der Waals surface area contributed by atoms with Crippen molar-refractivity contribution in [1.29, 1.82) is 0 Å². The minimum Gasteiger partial charge on any atom is -0.483 e. The van der Waals surface area contributed by atoms with Gasteiger partial charge in [-0.05, 0) is 94.0 Å². The SMILES string of the molecule is Nc1ncnc2c1c(-c1ccc(Oc3ccccc3)cc1)nn2[C@H]1CC[C@H](N2CCN(CCCCCCNC(=O)COc3cccc4c3C(=O)N(C3CCC(=O)NC3=O)C4O)CC2)CC1. The summed E-state index contributed by atoms with van der Waals surface area (Å²) in [6, 6.07) is 22.2. The van der Waals surface area contributed by atoms with Crippen LogP contribution in [0.2, 0.25) is 0 Å².